The SMILES string of the molecule is CC(=O)N(C)c1cc2c(cc1C1C([O-])C(c3cc4c(cc3N(C)C(C)=O)N(C)C(C)C4(C)C)C1O)C(C)(C)C(C)N2C.CC1Cc2cc(C3C([O-])C(c4ccc5c(c4)CC(C)N5CCN(C)C)C3O)ccc2N1CCN(C)C.CCN1CCc2cc(C3C([O-])C(c4cc(O)c5c(c4)CCN5CC)C3O)cc(O)c21.CCN1CCc2cc(C3C([O-])C(c4ccc5c(c4)CCN5CC)C3O)ccc21. The highest BCUT2D eigenvalue weighted by atomic mass is 16.3. The maximum absolute atomic E-state index is 14.3. The molecule has 24 nitrogen and oxygen atoms in total. The molecule has 0 aromatic heterocycles. The highest BCUT2D eigenvalue weighted by Crippen LogP contribution is 2.59. The van der Waals surface area contributed by atoms with E-state index in [0.717, 1.165) is 195 Å². The Morgan fingerprint density at radius 2 is 0.662 bits per heavy atom. The number of carbonyl (C=O) groups excluding carboxylic acids is 2. The van der Waals surface area contributed by atoms with Crippen molar-refractivity contribution in [1.82, 2.24) is 9.80 Å². The Hall–Kier alpha value is -9.70. The van der Waals surface area contributed by atoms with Crippen LogP contribution in [0.1, 0.15) is 233 Å². The van der Waals surface area contributed by atoms with Gasteiger partial charge in [0.05, 0.1) is 35.8 Å². The van der Waals surface area contributed by atoms with Crippen LogP contribution in [0.5, 0.6) is 11.5 Å². The number of phenolic OH excluding ortho intramolecular Hbond substituents is 2. The average Bonchev–Trinajstić information content (AvgIpc) is 1.46. The minimum atomic E-state index is -1.16. The molecule has 4 fully saturated rings. The van der Waals surface area contributed by atoms with Crippen LogP contribution in [0.2, 0.25) is 0 Å². The first-order valence-electron chi connectivity index (χ1n) is 50.3. The Labute approximate surface area is 807 Å². The molecule has 4 saturated carbocycles. The predicted molar refractivity (Wildman–Crippen MR) is 540 cm³/mol. The van der Waals surface area contributed by atoms with Crippen LogP contribution >= 0.6 is 0 Å². The van der Waals surface area contributed by atoms with Gasteiger partial charge in [-0.05, 0) is 295 Å². The lowest BCUT2D eigenvalue weighted by Gasteiger charge is -2.56. The number of likely N-dealkylation sites (N-methyl/N-ethyl adjacent to an activating group) is 8. The number of phenols is 2. The summed E-state index contributed by atoms with van der Waals surface area (Å²) >= 11 is 0. The fraction of sp³-hybridized carbons (Fsp3) is 0.554. The van der Waals surface area contributed by atoms with E-state index in [4.69, 9.17) is 0 Å². The predicted octanol–water partition coefficient (Wildman–Crippen LogP) is 10.4. The van der Waals surface area contributed by atoms with Crippen molar-refractivity contribution >= 4 is 68.7 Å². The Morgan fingerprint density at radius 1 is 0.375 bits per heavy atom. The molecule has 0 radical (unpaired) electrons. The van der Waals surface area contributed by atoms with Crippen molar-refractivity contribution in [3.63, 3.8) is 0 Å². The summed E-state index contributed by atoms with van der Waals surface area (Å²) < 4.78 is 0. The summed E-state index contributed by atoms with van der Waals surface area (Å²) in [6.45, 7) is 40.7. The molecule has 2 amide bonds. The van der Waals surface area contributed by atoms with E-state index in [1.165, 1.54) is 58.9 Å². The monoisotopic (exact) mass is 1850 g/mol. The van der Waals surface area contributed by atoms with Crippen molar-refractivity contribution in [2.45, 2.75) is 267 Å². The van der Waals surface area contributed by atoms with E-state index >= 15 is 0 Å². The van der Waals surface area contributed by atoms with Crippen LogP contribution in [0.15, 0.2) is 121 Å². The summed E-state index contributed by atoms with van der Waals surface area (Å²) in [6.07, 6.45) is -1.04. The molecule has 12 aliphatic rings. The van der Waals surface area contributed by atoms with Crippen LogP contribution in [-0.2, 0) is 58.9 Å². The summed E-state index contributed by atoms with van der Waals surface area (Å²) in [6, 6.07) is 42.4. The largest absolute Gasteiger partial charge is 0.851 e. The smallest absolute Gasteiger partial charge is 0.223 e. The minimum Gasteiger partial charge on any atom is -0.851 e. The number of aromatic hydroxyl groups is 2. The second kappa shape index (κ2) is 37.8. The number of aliphatic hydroxyl groups is 4. The molecule has 0 bridgehead atoms. The maximum atomic E-state index is 14.3. The fourth-order valence-corrected chi connectivity index (χ4v) is 25.4. The van der Waals surface area contributed by atoms with Crippen LogP contribution in [0.25, 0.3) is 0 Å². The number of hydrogen-bond acceptors (Lipinski definition) is 22. The highest BCUT2D eigenvalue weighted by Gasteiger charge is 2.53. The van der Waals surface area contributed by atoms with Gasteiger partial charge in [-0.25, -0.2) is 0 Å². The first-order valence-corrected chi connectivity index (χ1v) is 50.3. The maximum Gasteiger partial charge on any atom is 0.223 e. The Balaban J connectivity index is 0.000000127. The van der Waals surface area contributed by atoms with Gasteiger partial charge in [-0.1, -0.05) is 100 Å². The number of nitrogens with zero attached hydrogens (tertiary/aromatic N) is 12. The van der Waals surface area contributed by atoms with E-state index in [1.54, 1.807) is 36.0 Å². The molecule has 0 saturated heterocycles. The van der Waals surface area contributed by atoms with E-state index in [1.807, 2.05) is 24.3 Å². The first-order chi connectivity index (χ1) is 64.6. The third kappa shape index (κ3) is 16.7. The van der Waals surface area contributed by atoms with Gasteiger partial charge < -0.3 is 110 Å². The number of benzene rings is 8. The van der Waals surface area contributed by atoms with Crippen molar-refractivity contribution < 1.29 is 60.7 Å². The van der Waals surface area contributed by atoms with E-state index < -0.39 is 72.5 Å². The Bertz CT molecular complexity index is 5440. The number of rotatable bonds is 20. The van der Waals surface area contributed by atoms with Gasteiger partial charge in [0.25, 0.3) is 0 Å². The summed E-state index contributed by atoms with van der Waals surface area (Å²) in [7, 11) is 16.0. The number of carbonyl (C=O) groups is 2. The molecule has 6 N–H and O–H groups in total. The number of hydrogen-bond donors (Lipinski definition) is 6. The van der Waals surface area contributed by atoms with Gasteiger partial charge in [0.15, 0.2) is 0 Å². The lowest BCUT2D eigenvalue weighted by Crippen LogP contribution is -2.59. The Kier molecular flexibility index (Phi) is 27.2. The average molecular weight is 1850 g/mol. The van der Waals surface area contributed by atoms with Crippen molar-refractivity contribution in [1.29, 1.82) is 0 Å². The van der Waals surface area contributed by atoms with Crippen molar-refractivity contribution in [3.8, 4) is 11.5 Å². The number of aliphatic hydroxyl groups excluding tert-OH is 4. The van der Waals surface area contributed by atoms with Crippen LogP contribution in [0, 0.1) is 0 Å². The molecule has 8 aliphatic heterocycles. The van der Waals surface area contributed by atoms with E-state index in [0.29, 0.717) is 34.6 Å². The fourth-order valence-electron chi connectivity index (χ4n) is 25.4. The lowest BCUT2D eigenvalue weighted by atomic mass is 9.61. The van der Waals surface area contributed by atoms with Gasteiger partial charge in [0.1, 0.15) is 11.5 Å². The third-order valence-electron chi connectivity index (χ3n) is 34.7. The Morgan fingerprint density at radius 3 is 0.971 bits per heavy atom. The van der Waals surface area contributed by atoms with Crippen molar-refractivity contribution in [2.24, 2.45) is 0 Å². The van der Waals surface area contributed by atoms with Gasteiger partial charge in [-0.2, -0.15) is 0 Å². The van der Waals surface area contributed by atoms with Crippen LogP contribution in [0.4, 0.5) is 56.9 Å². The normalized spacial score (nSPS) is 28.4. The molecule has 8 aromatic carbocycles. The summed E-state index contributed by atoms with van der Waals surface area (Å²) in [5.41, 5.74) is 26.4. The van der Waals surface area contributed by atoms with Gasteiger partial charge in [-0.3, -0.25) is 9.59 Å². The van der Waals surface area contributed by atoms with Gasteiger partial charge >= 0.3 is 0 Å². The third-order valence-corrected chi connectivity index (χ3v) is 34.7. The molecule has 732 valence electrons. The van der Waals surface area contributed by atoms with Gasteiger partial charge in [0, 0.05) is 213 Å². The molecular weight excluding hydrogens is 1710 g/mol. The summed E-state index contributed by atoms with van der Waals surface area (Å²) in [5.74, 6) is -3.67. The van der Waals surface area contributed by atoms with E-state index in [2.05, 4.69) is 259 Å². The minimum absolute atomic E-state index is 0.138. The van der Waals surface area contributed by atoms with Crippen molar-refractivity contribution in [3.05, 3.63) is 210 Å². The zero-order valence-electron chi connectivity index (χ0n) is 84.3. The molecule has 24 heteroatoms. The zero-order valence-corrected chi connectivity index (χ0v) is 84.3. The summed E-state index contributed by atoms with van der Waals surface area (Å²) in [4.78, 5) is 51.2. The molecule has 8 aromatic rings. The molecule has 12 unspecified atom stereocenters. The van der Waals surface area contributed by atoms with Gasteiger partial charge in [-0.15, -0.1) is 24.4 Å². The van der Waals surface area contributed by atoms with Crippen molar-refractivity contribution in [2.75, 3.05) is 184 Å². The molecule has 4 aliphatic carbocycles. The zero-order chi connectivity index (χ0) is 97.7. The molecule has 8 heterocycles. The quantitative estimate of drug-likeness (QED) is 0.0413. The molecular formula is C112H148N12O12-4. The van der Waals surface area contributed by atoms with E-state index in [-0.39, 0.29) is 69.9 Å². The van der Waals surface area contributed by atoms with Crippen LogP contribution in [-0.4, -0.2) is 260 Å². The number of amides is 2. The summed E-state index contributed by atoms with van der Waals surface area (Å²) in [5, 5.41) is 120. The molecule has 136 heavy (non-hydrogen) atoms. The first kappa shape index (κ1) is 97.9. The van der Waals surface area contributed by atoms with Gasteiger partial charge in [0.2, 0.25) is 11.8 Å². The second-order valence-electron chi connectivity index (χ2n) is 43.1. The number of fused-ring (bicyclic) bond motifs is 8. The van der Waals surface area contributed by atoms with Crippen LogP contribution in [0.3, 0.4) is 0 Å². The standard InChI is InChI=1S/C34H47N4O4.C30H43N4O2.C24H29N2O4.C24H29N2O2/c1-17-33(5,6)23-13-21(25(37(11)19(3)39)15-27(23)35(17)9)29-31(41)30(32(29)42)22-14-24-28(16-26(22)38(12)20(4)40)36(10)18(2)34(24,7)8;1-19-15-23-17-21(7-9-25(23)33(19)13-11-31(3)4)27-29(35)28(30(27)36)22-8-10-26-24(18-22)16-20(2)34(26)14-12-32(5)6;1-3-25-7-5-13-9-15(11-17(27)21(13)25)19-23(29)20(24(19)30)16-10-14-6-8-26(4-2)22(14)18(28)12-16;1-3-25-11-9-15-13-17(5-7-19(15)25)21-23(27)22(24(21)28)18-6-8-20-16(14-18)10-12-26(20)4-2/h13-18,29-32,41H,1-12H3;7-10,17-20,27-30,35H,11-16H2,1-6H3;9-12,19-20,23-24,27-29H,3-8H2,1-2H3;5-8,13-14,21-24,27H,3-4,9-12H2,1-2H3/q4*-1. The van der Waals surface area contributed by atoms with Crippen LogP contribution < -0.4 is 69.4 Å². The number of anilines is 10. The molecule has 20 rings (SSSR count). The second-order valence-corrected chi connectivity index (χ2v) is 43.1. The molecule has 12 atom stereocenters. The highest BCUT2D eigenvalue weighted by molar-refractivity contribution is 5.95. The van der Waals surface area contributed by atoms with E-state index in [9.17, 15) is 60.7 Å². The topological polar surface area (TPSA) is 287 Å². The lowest BCUT2D eigenvalue weighted by molar-refractivity contribution is -0.462. The molecule has 0 spiro atoms.